The Labute approximate surface area is 99.6 Å². The van der Waals surface area contributed by atoms with Gasteiger partial charge in [0.05, 0.1) is 0 Å². The average molecular weight is 229 g/mol. The van der Waals surface area contributed by atoms with Crippen LogP contribution in [0.4, 0.5) is 0 Å². The molecule has 1 atom stereocenters. The van der Waals surface area contributed by atoms with Gasteiger partial charge in [0.25, 0.3) is 0 Å². The lowest BCUT2D eigenvalue weighted by Crippen LogP contribution is -2.53. The van der Waals surface area contributed by atoms with Crippen LogP contribution in [0.15, 0.2) is 0 Å². The predicted octanol–water partition coefficient (Wildman–Crippen LogP) is 3.05. The molecule has 0 radical (unpaired) electrons. The molecule has 3 heteroatoms. The zero-order valence-electron chi connectivity index (χ0n) is 11.2. The molecule has 0 bridgehead atoms. The van der Waals surface area contributed by atoms with Crippen molar-refractivity contribution in [1.29, 1.82) is 0 Å². The van der Waals surface area contributed by atoms with E-state index in [0.717, 1.165) is 25.8 Å². The highest BCUT2D eigenvalue weighted by molar-refractivity contribution is 5.78. The molecule has 0 saturated carbocycles. The maximum absolute atomic E-state index is 11.4. The molecular formula is C13H27NO2. The first kappa shape index (κ1) is 15.4. The van der Waals surface area contributed by atoms with Crippen LogP contribution in [0.3, 0.4) is 0 Å². The van der Waals surface area contributed by atoms with Gasteiger partial charge in [-0.2, -0.15) is 0 Å². The van der Waals surface area contributed by atoms with Gasteiger partial charge in [-0.1, -0.05) is 47.0 Å². The predicted molar refractivity (Wildman–Crippen MR) is 67.6 cm³/mol. The Morgan fingerprint density at radius 3 is 2.06 bits per heavy atom. The van der Waals surface area contributed by atoms with Crippen molar-refractivity contribution in [2.24, 2.45) is 5.92 Å². The van der Waals surface area contributed by atoms with Crippen LogP contribution in [0, 0.1) is 5.92 Å². The Hall–Kier alpha value is -0.570. The maximum atomic E-state index is 11.4. The molecule has 1 unspecified atom stereocenters. The van der Waals surface area contributed by atoms with E-state index < -0.39 is 11.5 Å². The molecule has 0 aliphatic rings. The Balaban J connectivity index is 4.54. The molecule has 0 heterocycles. The summed E-state index contributed by atoms with van der Waals surface area (Å²) >= 11 is 0. The SMILES string of the molecule is CCCC(CCC)(NCC(C)CC)C(=O)O. The van der Waals surface area contributed by atoms with E-state index in [9.17, 15) is 9.90 Å². The summed E-state index contributed by atoms with van der Waals surface area (Å²) in [5.41, 5.74) is -0.701. The zero-order chi connectivity index (χ0) is 12.6. The van der Waals surface area contributed by atoms with Gasteiger partial charge in [-0.25, -0.2) is 0 Å². The average Bonchev–Trinajstić information content (AvgIpc) is 2.25. The third kappa shape index (κ3) is 4.52. The second kappa shape index (κ2) is 7.66. The fourth-order valence-electron chi connectivity index (χ4n) is 1.96. The van der Waals surface area contributed by atoms with Crippen LogP contribution in [0.25, 0.3) is 0 Å². The molecule has 0 aromatic rings. The maximum Gasteiger partial charge on any atom is 0.323 e. The minimum atomic E-state index is -0.701. The van der Waals surface area contributed by atoms with E-state index in [0.29, 0.717) is 18.8 Å². The summed E-state index contributed by atoms with van der Waals surface area (Å²) in [6.45, 7) is 9.16. The summed E-state index contributed by atoms with van der Waals surface area (Å²) in [4.78, 5) is 11.4. The van der Waals surface area contributed by atoms with Crippen molar-refractivity contribution in [2.45, 2.75) is 65.3 Å². The van der Waals surface area contributed by atoms with Gasteiger partial charge in [0.1, 0.15) is 5.54 Å². The molecule has 0 amide bonds. The van der Waals surface area contributed by atoms with Crippen LogP contribution in [0.1, 0.15) is 59.8 Å². The van der Waals surface area contributed by atoms with E-state index in [2.05, 4.69) is 19.2 Å². The van der Waals surface area contributed by atoms with Crippen molar-refractivity contribution < 1.29 is 9.90 Å². The topological polar surface area (TPSA) is 49.3 Å². The summed E-state index contributed by atoms with van der Waals surface area (Å²) in [6.07, 6.45) is 4.32. The Kier molecular flexibility index (Phi) is 7.39. The van der Waals surface area contributed by atoms with Gasteiger partial charge in [0.2, 0.25) is 0 Å². The van der Waals surface area contributed by atoms with Crippen LogP contribution in [0.5, 0.6) is 0 Å². The first-order valence-corrected chi connectivity index (χ1v) is 6.50. The fourth-order valence-corrected chi connectivity index (χ4v) is 1.96. The summed E-state index contributed by atoms with van der Waals surface area (Å²) in [7, 11) is 0. The molecule has 0 aliphatic heterocycles. The molecule has 16 heavy (non-hydrogen) atoms. The molecule has 0 spiro atoms. The lowest BCUT2D eigenvalue weighted by atomic mass is 9.88. The molecule has 3 nitrogen and oxygen atoms in total. The first-order chi connectivity index (χ1) is 7.52. The van der Waals surface area contributed by atoms with Crippen LogP contribution < -0.4 is 5.32 Å². The summed E-state index contributed by atoms with van der Waals surface area (Å²) in [5, 5.41) is 12.7. The van der Waals surface area contributed by atoms with Crippen molar-refractivity contribution in [3.8, 4) is 0 Å². The summed E-state index contributed by atoms with van der Waals surface area (Å²) in [5.74, 6) is -0.160. The number of hydrogen-bond acceptors (Lipinski definition) is 2. The third-order valence-electron chi connectivity index (χ3n) is 3.25. The number of rotatable bonds is 9. The van der Waals surface area contributed by atoms with Gasteiger partial charge < -0.3 is 10.4 Å². The molecule has 0 fully saturated rings. The highest BCUT2D eigenvalue weighted by Gasteiger charge is 2.36. The number of aliphatic carboxylic acids is 1. The van der Waals surface area contributed by atoms with Crippen molar-refractivity contribution >= 4 is 5.97 Å². The second-order valence-electron chi connectivity index (χ2n) is 4.78. The highest BCUT2D eigenvalue weighted by Crippen LogP contribution is 2.20. The molecule has 0 saturated heterocycles. The highest BCUT2D eigenvalue weighted by atomic mass is 16.4. The molecule has 0 aromatic carbocycles. The Morgan fingerprint density at radius 1 is 1.25 bits per heavy atom. The van der Waals surface area contributed by atoms with E-state index >= 15 is 0 Å². The number of nitrogens with one attached hydrogen (secondary N) is 1. The van der Waals surface area contributed by atoms with Gasteiger partial charge >= 0.3 is 5.97 Å². The lowest BCUT2D eigenvalue weighted by molar-refractivity contribution is -0.145. The number of carbonyl (C=O) groups is 1. The zero-order valence-corrected chi connectivity index (χ0v) is 11.2. The number of carboxylic acids is 1. The summed E-state index contributed by atoms with van der Waals surface area (Å²) < 4.78 is 0. The minimum Gasteiger partial charge on any atom is -0.480 e. The van der Waals surface area contributed by atoms with Gasteiger partial charge in [-0.15, -0.1) is 0 Å². The fraction of sp³-hybridized carbons (Fsp3) is 0.923. The van der Waals surface area contributed by atoms with Gasteiger partial charge in [-0.05, 0) is 25.3 Å². The van der Waals surface area contributed by atoms with Gasteiger partial charge in [0.15, 0.2) is 0 Å². The lowest BCUT2D eigenvalue weighted by Gasteiger charge is -2.31. The van der Waals surface area contributed by atoms with E-state index in [1.807, 2.05) is 13.8 Å². The smallest absolute Gasteiger partial charge is 0.323 e. The summed E-state index contributed by atoms with van der Waals surface area (Å²) in [6, 6.07) is 0. The molecule has 0 rings (SSSR count). The van der Waals surface area contributed by atoms with Crippen LogP contribution in [0.2, 0.25) is 0 Å². The third-order valence-corrected chi connectivity index (χ3v) is 3.25. The first-order valence-electron chi connectivity index (χ1n) is 6.50. The standard InChI is InChI=1S/C13H27NO2/c1-5-8-13(9-6-2,12(15)16)14-10-11(4)7-3/h11,14H,5-10H2,1-4H3,(H,15,16). The quantitative estimate of drug-likeness (QED) is 0.639. The normalized spacial score (nSPS) is 13.8. The minimum absolute atomic E-state index is 0.535. The van der Waals surface area contributed by atoms with Gasteiger partial charge in [-0.3, -0.25) is 4.79 Å². The van der Waals surface area contributed by atoms with E-state index in [-0.39, 0.29) is 0 Å². The monoisotopic (exact) mass is 229 g/mol. The Bertz CT molecular complexity index is 198. The second-order valence-corrected chi connectivity index (χ2v) is 4.78. The molecule has 2 N–H and O–H groups in total. The van der Waals surface area contributed by atoms with Crippen LogP contribution in [-0.4, -0.2) is 23.2 Å². The van der Waals surface area contributed by atoms with Gasteiger partial charge in [0, 0.05) is 0 Å². The van der Waals surface area contributed by atoms with Crippen molar-refractivity contribution in [3.63, 3.8) is 0 Å². The van der Waals surface area contributed by atoms with E-state index in [1.54, 1.807) is 0 Å². The molecule has 0 aliphatic carbocycles. The van der Waals surface area contributed by atoms with Crippen LogP contribution in [-0.2, 0) is 4.79 Å². The van der Waals surface area contributed by atoms with E-state index in [1.165, 1.54) is 0 Å². The number of carboxylic acid groups (broad SMARTS) is 1. The molecular weight excluding hydrogens is 202 g/mol. The largest absolute Gasteiger partial charge is 0.480 e. The molecule has 96 valence electrons. The van der Waals surface area contributed by atoms with E-state index in [4.69, 9.17) is 0 Å². The molecule has 0 aromatic heterocycles. The Morgan fingerprint density at radius 2 is 1.75 bits per heavy atom. The van der Waals surface area contributed by atoms with Crippen molar-refractivity contribution in [3.05, 3.63) is 0 Å². The number of hydrogen-bond donors (Lipinski definition) is 2. The van der Waals surface area contributed by atoms with Crippen molar-refractivity contribution in [2.75, 3.05) is 6.54 Å². The van der Waals surface area contributed by atoms with Crippen molar-refractivity contribution in [1.82, 2.24) is 5.32 Å². The van der Waals surface area contributed by atoms with Crippen LogP contribution >= 0.6 is 0 Å².